The van der Waals surface area contributed by atoms with Crippen LogP contribution < -0.4 is 10.6 Å². The summed E-state index contributed by atoms with van der Waals surface area (Å²) in [6, 6.07) is 0.572. The number of carbonyl (C=O) groups excluding carboxylic acids is 2. The van der Waals surface area contributed by atoms with Gasteiger partial charge in [-0.15, -0.1) is 0 Å². The topological polar surface area (TPSA) is 58.2 Å². The highest BCUT2D eigenvalue weighted by Gasteiger charge is 2.26. The van der Waals surface area contributed by atoms with E-state index in [-0.39, 0.29) is 17.9 Å². The van der Waals surface area contributed by atoms with Gasteiger partial charge in [0.2, 0.25) is 0 Å². The molecule has 29 heavy (non-hydrogen) atoms. The molecule has 0 aromatic rings. The molecule has 0 spiro atoms. The molecule has 2 unspecified atom stereocenters. The van der Waals surface area contributed by atoms with Crippen molar-refractivity contribution < 1.29 is 9.59 Å². The second kappa shape index (κ2) is 15.1. The zero-order chi connectivity index (χ0) is 22.6. The maximum Gasteiger partial charge on any atom is 0.152 e. The first kappa shape index (κ1) is 28.3. The van der Waals surface area contributed by atoms with Crippen molar-refractivity contribution in [3.05, 3.63) is 0 Å². The van der Waals surface area contributed by atoms with Crippen molar-refractivity contribution in [3.63, 3.8) is 0 Å². The van der Waals surface area contributed by atoms with Crippen LogP contribution in [-0.4, -0.2) is 36.2 Å². The van der Waals surface area contributed by atoms with Crippen LogP contribution in [0.15, 0.2) is 0 Å². The maximum absolute atomic E-state index is 13.0. The SMILES string of the molecule is CCC(=O)[C@@H](CCCNC(C)CC(C)C(=O)[C@@H](CC(C)C)NC(C)C)CC(C)C. The summed E-state index contributed by atoms with van der Waals surface area (Å²) in [7, 11) is 0. The highest BCUT2D eigenvalue weighted by atomic mass is 16.1. The Morgan fingerprint density at radius 3 is 1.90 bits per heavy atom. The molecule has 0 radical (unpaired) electrons. The molecule has 0 fully saturated rings. The van der Waals surface area contributed by atoms with Gasteiger partial charge in [-0.25, -0.2) is 0 Å². The quantitative estimate of drug-likeness (QED) is 0.315. The lowest BCUT2D eigenvalue weighted by Gasteiger charge is -2.26. The van der Waals surface area contributed by atoms with Crippen LogP contribution in [0.25, 0.3) is 0 Å². The molecule has 0 rings (SSSR count). The third-order valence-electron chi connectivity index (χ3n) is 5.56. The van der Waals surface area contributed by atoms with Gasteiger partial charge in [0.25, 0.3) is 0 Å². The number of ketones is 2. The molecule has 2 N–H and O–H groups in total. The Morgan fingerprint density at radius 1 is 0.828 bits per heavy atom. The Morgan fingerprint density at radius 2 is 1.41 bits per heavy atom. The fraction of sp³-hybridized carbons (Fsp3) is 0.920. The van der Waals surface area contributed by atoms with Gasteiger partial charge in [0.05, 0.1) is 6.04 Å². The first-order valence-electron chi connectivity index (χ1n) is 12.0. The molecule has 0 saturated carbocycles. The van der Waals surface area contributed by atoms with Crippen molar-refractivity contribution in [1.82, 2.24) is 10.6 Å². The molecule has 0 bridgehead atoms. The van der Waals surface area contributed by atoms with Gasteiger partial charge in [-0.3, -0.25) is 9.59 Å². The van der Waals surface area contributed by atoms with Crippen LogP contribution in [0.2, 0.25) is 0 Å². The van der Waals surface area contributed by atoms with E-state index in [1.807, 2.05) is 6.92 Å². The summed E-state index contributed by atoms with van der Waals surface area (Å²) in [4.78, 5) is 25.1. The zero-order valence-corrected chi connectivity index (χ0v) is 20.8. The predicted octanol–water partition coefficient (Wildman–Crippen LogP) is 5.39. The first-order chi connectivity index (χ1) is 13.5. The third-order valence-corrected chi connectivity index (χ3v) is 5.56. The fourth-order valence-electron chi connectivity index (χ4n) is 4.18. The number of rotatable bonds is 17. The van der Waals surface area contributed by atoms with Gasteiger partial charge in [0.1, 0.15) is 5.78 Å². The van der Waals surface area contributed by atoms with Gasteiger partial charge in [-0.1, -0.05) is 55.4 Å². The van der Waals surface area contributed by atoms with E-state index in [1.54, 1.807) is 0 Å². The number of hydrogen-bond donors (Lipinski definition) is 2. The molecule has 0 heterocycles. The molecular formula is C25H50N2O2. The second-order valence-electron chi connectivity index (χ2n) is 10.2. The van der Waals surface area contributed by atoms with Crippen molar-refractivity contribution in [1.29, 1.82) is 0 Å². The standard InChI is InChI=1S/C25H50N2O2/c1-10-24(28)22(14-17(2)3)12-11-13-26-21(9)16-20(8)25(29)23(15-18(4)5)27-19(6)7/h17-23,26-27H,10-16H2,1-9H3/t20?,21?,22-,23+/m0/s1. The first-order valence-corrected chi connectivity index (χ1v) is 12.0. The highest BCUT2D eigenvalue weighted by molar-refractivity contribution is 5.86. The number of carbonyl (C=O) groups is 2. The lowest BCUT2D eigenvalue weighted by atomic mass is 9.88. The molecule has 0 saturated heterocycles. The van der Waals surface area contributed by atoms with Crippen molar-refractivity contribution in [2.75, 3.05) is 6.54 Å². The minimum absolute atomic E-state index is 0.0443. The Hall–Kier alpha value is -0.740. The molecule has 172 valence electrons. The van der Waals surface area contributed by atoms with E-state index >= 15 is 0 Å². The summed E-state index contributed by atoms with van der Waals surface area (Å²) >= 11 is 0. The molecule has 0 aliphatic heterocycles. The zero-order valence-electron chi connectivity index (χ0n) is 20.8. The van der Waals surface area contributed by atoms with Gasteiger partial charge in [-0.05, 0) is 57.4 Å². The van der Waals surface area contributed by atoms with Crippen LogP contribution in [0, 0.1) is 23.7 Å². The summed E-state index contributed by atoms with van der Waals surface area (Å²) in [6.45, 7) is 20.0. The third kappa shape index (κ3) is 13.2. The summed E-state index contributed by atoms with van der Waals surface area (Å²) in [5, 5.41) is 7.03. The molecule has 4 atom stereocenters. The Labute approximate surface area is 181 Å². The van der Waals surface area contributed by atoms with E-state index < -0.39 is 0 Å². The van der Waals surface area contributed by atoms with Crippen LogP contribution in [0.1, 0.15) is 101 Å². The smallest absolute Gasteiger partial charge is 0.152 e. The van der Waals surface area contributed by atoms with Crippen molar-refractivity contribution >= 4 is 11.6 Å². The number of nitrogens with one attached hydrogen (secondary N) is 2. The highest BCUT2D eigenvalue weighted by Crippen LogP contribution is 2.20. The summed E-state index contributed by atoms with van der Waals surface area (Å²) in [5.41, 5.74) is 0. The Balaban J connectivity index is 4.44. The largest absolute Gasteiger partial charge is 0.314 e. The van der Waals surface area contributed by atoms with E-state index in [0.717, 1.165) is 38.6 Å². The van der Waals surface area contributed by atoms with Gasteiger partial charge < -0.3 is 10.6 Å². The van der Waals surface area contributed by atoms with Crippen LogP contribution >= 0.6 is 0 Å². The lowest BCUT2D eigenvalue weighted by Crippen LogP contribution is -2.45. The number of Topliss-reactive ketones (excluding diaryl/α,β-unsaturated/α-hetero) is 2. The molecule has 4 nitrogen and oxygen atoms in total. The van der Waals surface area contributed by atoms with Crippen LogP contribution in [0.3, 0.4) is 0 Å². The predicted molar refractivity (Wildman–Crippen MR) is 125 cm³/mol. The van der Waals surface area contributed by atoms with Crippen molar-refractivity contribution in [2.45, 2.75) is 119 Å². The maximum atomic E-state index is 13.0. The van der Waals surface area contributed by atoms with Crippen LogP contribution in [-0.2, 0) is 9.59 Å². The minimum atomic E-state index is -0.0472. The van der Waals surface area contributed by atoms with Crippen molar-refractivity contribution in [2.24, 2.45) is 23.7 Å². The average Bonchev–Trinajstić information content (AvgIpc) is 2.61. The normalized spacial score (nSPS) is 16.3. The lowest BCUT2D eigenvalue weighted by molar-refractivity contribution is -0.125. The molecule has 0 aliphatic carbocycles. The van der Waals surface area contributed by atoms with Crippen LogP contribution in [0.4, 0.5) is 0 Å². The van der Waals surface area contributed by atoms with E-state index in [4.69, 9.17) is 0 Å². The van der Waals surface area contributed by atoms with Gasteiger partial charge in [-0.2, -0.15) is 0 Å². The van der Waals surface area contributed by atoms with Gasteiger partial charge in [0, 0.05) is 30.3 Å². The molecule has 0 aromatic heterocycles. The van der Waals surface area contributed by atoms with E-state index in [9.17, 15) is 9.59 Å². The van der Waals surface area contributed by atoms with Crippen LogP contribution in [0.5, 0.6) is 0 Å². The van der Waals surface area contributed by atoms with E-state index in [0.29, 0.717) is 41.9 Å². The molecular weight excluding hydrogens is 360 g/mol. The van der Waals surface area contributed by atoms with Gasteiger partial charge in [0.15, 0.2) is 5.78 Å². The van der Waals surface area contributed by atoms with E-state index in [1.165, 1.54) is 0 Å². The molecule has 4 heteroatoms. The second-order valence-corrected chi connectivity index (χ2v) is 10.2. The average molecular weight is 411 g/mol. The van der Waals surface area contributed by atoms with Gasteiger partial charge >= 0.3 is 0 Å². The van der Waals surface area contributed by atoms with E-state index in [2.05, 4.69) is 66.0 Å². The monoisotopic (exact) mass is 410 g/mol. The fourth-order valence-corrected chi connectivity index (χ4v) is 4.18. The molecule has 0 amide bonds. The molecule has 0 aliphatic rings. The Kier molecular flexibility index (Phi) is 14.7. The Bertz CT molecular complexity index is 450. The minimum Gasteiger partial charge on any atom is -0.314 e. The summed E-state index contributed by atoms with van der Waals surface area (Å²) in [6.07, 6.45) is 5.37. The summed E-state index contributed by atoms with van der Waals surface area (Å²) in [5.74, 6) is 2.06. The summed E-state index contributed by atoms with van der Waals surface area (Å²) < 4.78 is 0. The van der Waals surface area contributed by atoms with Crippen molar-refractivity contribution in [3.8, 4) is 0 Å². The molecule has 0 aromatic carbocycles. The number of hydrogen-bond acceptors (Lipinski definition) is 4.